The third-order valence-corrected chi connectivity index (χ3v) is 5.80. The maximum atomic E-state index is 13.6. The van der Waals surface area contributed by atoms with Gasteiger partial charge in [-0.2, -0.15) is 5.10 Å². The van der Waals surface area contributed by atoms with Crippen molar-refractivity contribution in [1.82, 2.24) is 24.7 Å². The van der Waals surface area contributed by atoms with Crippen LogP contribution in [0.1, 0.15) is 21.8 Å². The Morgan fingerprint density at radius 1 is 1.03 bits per heavy atom. The van der Waals surface area contributed by atoms with E-state index < -0.39 is 0 Å². The van der Waals surface area contributed by atoms with Gasteiger partial charge in [-0.1, -0.05) is 18.2 Å². The van der Waals surface area contributed by atoms with Crippen molar-refractivity contribution in [3.8, 4) is 11.3 Å². The fraction of sp³-hybridized carbons (Fsp3) is 0.0741. The number of hydrogen-bond donors (Lipinski definition) is 1. The SMILES string of the molecule is Cc1ccc2cccc(NC(=O)c3cc(-c4cccnc4)nc4c3cnn4Cc3ccco3)c2n1. The average Bonchev–Trinajstić information content (AvgIpc) is 3.55. The summed E-state index contributed by atoms with van der Waals surface area (Å²) in [7, 11) is 0. The van der Waals surface area contributed by atoms with E-state index in [1.54, 1.807) is 35.6 Å². The van der Waals surface area contributed by atoms with Crippen LogP contribution in [0.15, 0.2) is 89.9 Å². The minimum absolute atomic E-state index is 0.268. The number of nitrogens with one attached hydrogen (secondary N) is 1. The minimum atomic E-state index is -0.268. The molecule has 8 nitrogen and oxygen atoms in total. The number of pyridine rings is 3. The molecular weight excluding hydrogens is 440 g/mol. The molecule has 5 heterocycles. The van der Waals surface area contributed by atoms with Crippen LogP contribution in [-0.4, -0.2) is 30.6 Å². The van der Waals surface area contributed by atoms with E-state index >= 15 is 0 Å². The van der Waals surface area contributed by atoms with E-state index in [0.717, 1.165) is 27.9 Å². The average molecular weight is 460 g/mol. The summed E-state index contributed by atoms with van der Waals surface area (Å²) in [6, 6.07) is 18.9. The minimum Gasteiger partial charge on any atom is -0.467 e. The number of para-hydroxylation sites is 1. The van der Waals surface area contributed by atoms with Crippen LogP contribution in [-0.2, 0) is 6.54 Å². The van der Waals surface area contributed by atoms with Gasteiger partial charge in [0.05, 0.1) is 40.3 Å². The molecule has 1 amide bonds. The van der Waals surface area contributed by atoms with Crippen molar-refractivity contribution >= 4 is 33.5 Å². The largest absolute Gasteiger partial charge is 0.467 e. The lowest BCUT2D eigenvalue weighted by atomic mass is 10.1. The van der Waals surface area contributed by atoms with E-state index in [1.165, 1.54) is 0 Å². The molecule has 0 unspecified atom stereocenters. The second kappa shape index (κ2) is 8.49. The zero-order valence-corrected chi connectivity index (χ0v) is 18.8. The smallest absolute Gasteiger partial charge is 0.256 e. The predicted octanol–water partition coefficient (Wildman–Crippen LogP) is 5.24. The molecule has 6 rings (SSSR count). The zero-order valence-electron chi connectivity index (χ0n) is 18.8. The molecule has 1 N–H and O–H groups in total. The van der Waals surface area contributed by atoms with Crippen molar-refractivity contribution in [2.24, 2.45) is 0 Å². The molecule has 5 aromatic heterocycles. The third kappa shape index (κ3) is 3.91. The number of anilines is 1. The van der Waals surface area contributed by atoms with Gasteiger partial charge in [-0.25, -0.2) is 9.67 Å². The number of carbonyl (C=O) groups excluding carboxylic acids is 1. The van der Waals surface area contributed by atoms with Crippen LogP contribution in [0.5, 0.6) is 0 Å². The van der Waals surface area contributed by atoms with Gasteiger partial charge in [0.25, 0.3) is 5.91 Å². The summed E-state index contributed by atoms with van der Waals surface area (Å²) >= 11 is 0. The van der Waals surface area contributed by atoms with Crippen molar-refractivity contribution in [3.63, 3.8) is 0 Å². The Morgan fingerprint density at radius 2 is 1.97 bits per heavy atom. The van der Waals surface area contributed by atoms with Crippen molar-refractivity contribution in [2.45, 2.75) is 13.5 Å². The van der Waals surface area contributed by atoms with Gasteiger partial charge in [0.15, 0.2) is 5.65 Å². The van der Waals surface area contributed by atoms with E-state index in [-0.39, 0.29) is 5.91 Å². The standard InChI is InChI=1S/C27H20N6O2/c1-17-9-10-18-5-2-8-23(25(18)30-17)32-27(34)21-13-24(19-6-3-11-28-14-19)31-26-22(21)15-29-33(26)16-20-7-4-12-35-20/h2-15H,16H2,1H3,(H,32,34). The number of benzene rings is 1. The first-order valence-electron chi connectivity index (χ1n) is 11.1. The van der Waals surface area contributed by atoms with E-state index in [0.29, 0.717) is 34.5 Å². The van der Waals surface area contributed by atoms with E-state index in [4.69, 9.17) is 9.40 Å². The summed E-state index contributed by atoms with van der Waals surface area (Å²) in [6.45, 7) is 2.33. The molecule has 0 bridgehead atoms. The monoisotopic (exact) mass is 460 g/mol. The van der Waals surface area contributed by atoms with Gasteiger partial charge in [-0.05, 0) is 49.4 Å². The number of carbonyl (C=O) groups is 1. The van der Waals surface area contributed by atoms with Crippen LogP contribution in [0.25, 0.3) is 33.2 Å². The van der Waals surface area contributed by atoms with Gasteiger partial charge in [0.2, 0.25) is 0 Å². The lowest BCUT2D eigenvalue weighted by molar-refractivity contribution is 0.102. The number of amides is 1. The summed E-state index contributed by atoms with van der Waals surface area (Å²) < 4.78 is 7.22. The predicted molar refractivity (Wildman–Crippen MR) is 133 cm³/mol. The molecule has 0 saturated carbocycles. The second-order valence-corrected chi connectivity index (χ2v) is 8.20. The van der Waals surface area contributed by atoms with E-state index in [9.17, 15) is 4.79 Å². The topological polar surface area (TPSA) is 98.7 Å². The molecule has 35 heavy (non-hydrogen) atoms. The first kappa shape index (κ1) is 20.7. The van der Waals surface area contributed by atoms with Crippen LogP contribution in [0.4, 0.5) is 5.69 Å². The molecule has 0 spiro atoms. The van der Waals surface area contributed by atoms with Crippen LogP contribution < -0.4 is 5.32 Å². The Kier molecular flexibility index (Phi) is 5.03. The molecule has 0 aliphatic carbocycles. The molecule has 8 heteroatoms. The van der Waals surface area contributed by atoms with Crippen LogP contribution in [0, 0.1) is 6.92 Å². The van der Waals surface area contributed by atoms with Crippen molar-refractivity contribution < 1.29 is 9.21 Å². The number of nitrogens with zero attached hydrogens (tertiary/aromatic N) is 5. The number of aromatic nitrogens is 5. The molecule has 0 saturated heterocycles. The first-order valence-corrected chi connectivity index (χ1v) is 11.1. The van der Waals surface area contributed by atoms with Crippen LogP contribution >= 0.6 is 0 Å². The summed E-state index contributed by atoms with van der Waals surface area (Å²) in [5.41, 5.74) is 4.74. The number of furan rings is 1. The molecular formula is C27H20N6O2. The van der Waals surface area contributed by atoms with Crippen molar-refractivity contribution in [1.29, 1.82) is 0 Å². The fourth-order valence-electron chi connectivity index (χ4n) is 4.10. The van der Waals surface area contributed by atoms with Crippen molar-refractivity contribution in [2.75, 3.05) is 5.32 Å². The Morgan fingerprint density at radius 3 is 2.80 bits per heavy atom. The van der Waals surface area contributed by atoms with Gasteiger partial charge >= 0.3 is 0 Å². The summed E-state index contributed by atoms with van der Waals surface area (Å²) in [5, 5.41) is 9.16. The van der Waals surface area contributed by atoms with Gasteiger partial charge in [-0.15, -0.1) is 0 Å². The molecule has 0 atom stereocenters. The fourth-order valence-corrected chi connectivity index (χ4v) is 4.10. The zero-order chi connectivity index (χ0) is 23.8. The molecule has 0 radical (unpaired) electrons. The van der Waals surface area contributed by atoms with E-state index in [1.807, 2.05) is 61.5 Å². The third-order valence-electron chi connectivity index (χ3n) is 5.80. The highest BCUT2D eigenvalue weighted by atomic mass is 16.3. The number of fused-ring (bicyclic) bond motifs is 2. The lowest BCUT2D eigenvalue weighted by Crippen LogP contribution is -2.14. The van der Waals surface area contributed by atoms with Gasteiger partial charge < -0.3 is 9.73 Å². The first-order chi connectivity index (χ1) is 17.2. The highest BCUT2D eigenvalue weighted by Gasteiger charge is 2.19. The molecule has 0 aliphatic heterocycles. The quantitative estimate of drug-likeness (QED) is 0.378. The molecule has 0 aliphatic rings. The highest BCUT2D eigenvalue weighted by Crippen LogP contribution is 2.27. The summed E-state index contributed by atoms with van der Waals surface area (Å²) in [4.78, 5) is 27.3. The summed E-state index contributed by atoms with van der Waals surface area (Å²) in [6.07, 6.45) is 6.71. The molecule has 170 valence electrons. The Labute approximate surface area is 200 Å². The molecule has 1 aromatic carbocycles. The van der Waals surface area contributed by atoms with Crippen LogP contribution in [0.2, 0.25) is 0 Å². The maximum Gasteiger partial charge on any atom is 0.256 e. The normalized spacial score (nSPS) is 11.2. The van der Waals surface area contributed by atoms with Crippen LogP contribution in [0.3, 0.4) is 0 Å². The van der Waals surface area contributed by atoms with Gasteiger partial charge in [0.1, 0.15) is 12.3 Å². The summed E-state index contributed by atoms with van der Waals surface area (Å²) in [5.74, 6) is 0.475. The Balaban J connectivity index is 1.47. The van der Waals surface area contributed by atoms with E-state index in [2.05, 4.69) is 20.4 Å². The number of aryl methyl sites for hydroxylation is 1. The molecule has 0 fully saturated rings. The highest BCUT2D eigenvalue weighted by molar-refractivity contribution is 6.14. The van der Waals surface area contributed by atoms with Gasteiger partial charge in [-0.3, -0.25) is 14.8 Å². The number of rotatable bonds is 5. The van der Waals surface area contributed by atoms with Crippen molar-refractivity contribution in [3.05, 3.63) is 103 Å². The second-order valence-electron chi connectivity index (χ2n) is 8.20. The lowest BCUT2D eigenvalue weighted by Gasteiger charge is -2.11. The Bertz CT molecular complexity index is 1670. The number of hydrogen-bond acceptors (Lipinski definition) is 6. The van der Waals surface area contributed by atoms with Gasteiger partial charge in [0, 0.05) is 29.0 Å². The maximum absolute atomic E-state index is 13.6. The Hall–Kier alpha value is -4.85. The molecule has 6 aromatic rings.